The maximum atomic E-state index is 5.78. The van der Waals surface area contributed by atoms with Gasteiger partial charge in [-0.2, -0.15) is 0 Å². The molecule has 19 heavy (non-hydrogen) atoms. The van der Waals surface area contributed by atoms with Crippen molar-refractivity contribution in [2.75, 3.05) is 26.6 Å². The van der Waals surface area contributed by atoms with Crippen molar-refractivity contribution >= 4 is 0 Å². The third kappa shape index (κ3) is 2.09. The Labute approximate surface area is 113 Å². The van der Waals surface area contributed by atoms with Gasteiger partial charge in [0, 0.05) is 5.41 Å². The van der Waals surface area contributed by atoms with Crippen molar-refractivity contribution in [3.05, 3.63) is 23.3 Å². The zero-order valence-electron chi connectivity index (χ0n) is 11.6. The van der Waals surface area contributed by atoms with Crippen LogP contribution in [0.15, 0.2) is 12.1 Å². The van der Waals surface area contributed by atoms with Crippen LogP contribution in [0.4, 0.5) is 0 Å². The largest absolute Gasteiger partial charge is 0.454 e. The highest BCUT2D eigenvalue weighted by molar-refractivity contribution is 5.51. The zero-order valence-corrected chi connectivity index (χ0v) is 11.6. The summed E-state index contributed by atoms with van der Waals surface area (Å²) >= 11 is 0. The predicted octanol–water partition coefficient (Wildman–Crippen LogP) is 1.98. The number of hydrogen-bond acceptors (Lipinski definition) is 4. The molecular formula is C15H21NO3. The predicted molar refractivity (Wildman–Crippen MR) is 72.6 cm³/mol. The van der Waals surface area contributed by atoms with Crippen LogP contribution >= 0.6 is 0 Å². The molecule has 1 unspecified atom stereocenters. The highest BCUT2D eigenvalue weighted by atomic mass is 16.7. The summed E-state index contributed by atoms with van der Waals surface area (Å²) in [6.45, 7) is 6.91. The molecule has 1 aromatic carbocycles. The van der Waals surface area contributed by atoms with E-state index in [1.807, 2.05) is 0 Å². The molecule has 0 aliphatic carbocycles. The van der Waals surface area contributed by atoms with Crippen molar-refractivity contribution in [1.29, 1.82) is 0 Å². The van der Waals surface area contributed by atoms with E-state index < -0.39 is 0 Å². The molecular weight excluding hydrogens is 242 g/mol. The Kier molecular flexibility index (Phi) is 3.15. The van der Waals surface area contributed by atoms with Crippen LogP contribution in [0.2, 0.25) is 0 Å². The molecule has 0 saturated carbocycles. The van der Waals surface area contributed by atoms with Gasteiger partial charge in [0.2, 0.25) is 6.79 Å². The molecule has 4 nitrogen and oxygen atoms in total. The minimum Gasteiger partial charge on any atom is -0.454 e. The average Bonchev–Trinajstić information content (AvgIpc) is 2.79. The van der Waals surface area contributed by atoms with Gasteiger partial charge in [-0.05, 0) is 49.1 Å². The van der Waals surface area contributed by atoms with Crippen LogP contribution in [0.3, 0.4) is 0 Å². The lowest BCUT2D eigenvalue weighted by atomic mass is 9.71. The number of benzene rings is 1. The van der Waals surface area contributed by atoms with Crippen molar-refractivity contribution in [2.45, 2.75) is 25.7 Å². The molecule has 3 rings (SSSR count). The van der Waals surface area contributed by atoms with Gasteiger partial charge in [0.1, 0.15) is 0 Å². The van der Waals surface area contributed by atoms with E-state index >= 15 is 0 Å². The van der Waals surface area contributed by atoms with E-state index in [9.17, 15) is 0 Å². The van der Waals surface area contributed by atoms with Gasteiger partial charge in [0.05, 0.1) is 13.2 Å². The van der Waals surface area contributed by atoms with Crippen LogP contribution in [0.25, 0.3) is 0 Å². The topological polar surface area (TPSA) is 53.7 Å². The fourth-order valence-corrected chi connectivity index (χ4v) is 3.10. The van der Waals surface area contributed by atoms with Gasteiger partial charge in [-0.25, -0.2) is 0 Å². The summed E-state index contributed by atoms with van der Waals surface area (Å²) in [4.78, 5) is 0. The van der Waals surface area contributed by atoms with E-state index in [-0.39, 0.29) is 5.41 Å². The molecule has 2 aliphatic heterocycles. The van der Waals surface area contributed by atoms with Gasteiger partial charge in [0.15, 0.2) is 11.5 Å². The maximum absolute atomic E-state index is 5.78. The molecule has 0 aromatic heterocycles. The van der Waals surface area contributed by atoms with E-state index in [1.165, 1.54) is 11.1 Å². The molecule has 1 fully saturated rings. The SMILES string of the molecule is Cc1cc2c(cc1C1(CC(C)CN)COC1)OCO2. The summed E-state index contributed by atoms with van der Waals surface area (Å²) < 4.78 is 16.4. The lowest BCUT2D eigenvalue weighted by molar-refractivity contribution is -0.0705. The second-order valence-corrected chi connectivity index (χ2v) is 5.84. The van der Waals surface area contributed by atoms with Crippen LogP contribution in [0.1, 0.15) is 24.5 Å². The Hall–Kier alpha value is -1.26. The number of nitrogens with two attached hydrogens (primary N) is 1. The second-order valence-electron chi connectivity index (χ2n) is 5.84. The van der Waals surface area contributed by atoms with Crippen LogP contribution in [0.5, 0.6) is 11.5 Å². The molecule has 1 aromatic rings. The number of ether oxygens (including phenoxy) is 3. The number of rotatable bonds is 4. The molecule has 0 bridgehead atoms. The van der Waals surface area contributed by atoms with Crippen LogP contribution < -0.4 is 15.2 Å². The lowest BCUT2D eigenvalue weighted by Gasteiger charge is -2.44. The van der Waals surface area contributed by atoms with Crippen LogP contribution in [-0.4, -0.2) is 26.6 Å². The Bertz CT molecular complexity index is 483. The fraction of sp³-hybridized carbons (Fsp3) is 0.600. The van der Waals surface area contributed by atoms with Crippen LogP contribution in [-0.2, 0) is 10.2 Å². The molecule has 104 valence electrons. The molecule has 2 heterocycles. The molecule has 4 heteroatoms. The normalized spacial score (nSPS) is 21.0. The van der Waals surface area contributed by atoms with Gasteiger partial charge >= 0.3 is 0 Å². The van der Waals surface area contributed by atoms with Gasteiger partial charge in [-0.3, -0.25) is 0 Å². The van der Waals surface area contributed by atoms with Crippen molar-refractivity contribution in [2.24, 2.45) is 11.7 Å². The maximum Gasteiger partial charge on any atom is 0.231 e. The van der Waals surface area contributed by atoms with E-state index in [0.717, 1.165) is 31.1 Å². The Morgan fingerprint density at radius 1 is 1.26 bits per heavy atom. The Morgan fingerprint density at radius 2 is 1.95 bits per heavy atom. The first-order valence-corrected chi connectivity index (χ1v) is 6.83. The summed E-state index contributed by atoms with van der Waals surface area (Å²) in [6, 6.07) is 4.20. The standard InChI is InChI=1S/C15H21NO3/c1-10(6-16)5-15(7-17-8-15)12-4-14-13(3-11(12)2)18-9-19-14/h3-4,10H,5-9,16H2,1-2H3. The third-order valence-electron chi connectivity index (χ3n) is 4.19. The molecule has 0 spiro atoms. The van der Waals surface area contributed by atoms with Gasteiger partial charge in [-0.1, -0.05) is 6.92 Å². The monoisotopic (exact) mass is 263 g/mol. The minimum atomic E-state index is 0.101. The van der Waals surface area contributed by atoms with Gasteiger partial charge in [-0.15, -0.1) is 0 Å². The van der Waals surface area contributed by atoms with Crippen molar-refractivity contribution < 1.29 is 14.2 Å². The van der Waals surface area contributed by atoms with Crippen molar-refractivity contribution in [3.63, 3.8) is 0 Å². The summed E-state index contributed by atoms with van der Waals surface area (Å²) in [6.07, 6.45) is 1.06. The average molecular weight is 263 g/mol. The molecule has 2 N–H and O–H groups in total. The van der Waals surface area contributed by atoms with Gasteiger partial charge in [0.25, 0.3) is 0 Å². The highest BCUT2D eigenvalue weighted by Gasteiger charge is 2.42. The van der Waals surface area contributed by atoms with E-state index in [2.05, 4.69) is 26.0 Å². The zero-order chi connectivity index (χ0) is 13.5. The second kappa shape index (κ2) is 4.69. The van der Waals surface area contributed by atoms with E-state index in [4.69, 9.17) is 19.9 Å². The summed E-state index contributed by atoms with van der Waals surface area (Å²) in [5.74, 6) is 2.20. The number of aryl methyl sites for hydroxylation is 1. The van der Waals surface area contributed by atoms with Crippen molar-refractivity contribution in [3.8, 4) is 11.5 Å². The Morgan fingerprint density at radius 3 is 2.53 bits per heavy atom. The number of hydrogen-bond donors (Lipinski definition) is 1. The Balaban J connectivity index is 1.95. The van der Waals surface area contributed by atoms with Crippen molar-refractivity contribution in [1.82, 2.24) is 0 Å². The first-order chi connectivity index (χ1) is 9.14. The minimum absolute atomic E-state index is 0.101. The van der Waals surface area contributed by atoms with Gasteiger partial charge < -0.3 is 19.9 Å². The van der Waals surface area contributed by atoms with E-state index in [0.29, 0.717) is 19.3 Å². The smallest absolute Gasteiger partial charge is 0.231 e. The fourth-order valence-electron chi connectivity index (χ4n) is 3.10. The molecule has 1 saturated heterocycles. The third-order valence-corrected chi connectivity index (χ3v) is 4.19. The first kappa shape index (κ1) is 12.8. The lowest BCUT2D eigenvalue weighted by Crippen LogP contribution is -2.48. The summed E-state index contributed by atoms with van der Waals surface area (Å²) in [5, 5.41) is 0. The van der Waals surface area contributed by atoms with Crippen LogP contribution in [0, 0.1) is 12.8 Å². The molecule has 1 atom stereocenters. The summed E-state index contributed by atoms with van der Waals surface area (Å²) in [5.41, 5.74) is 8.45. The van der Waals surface area contributed by atoms with E-state index in [1.54, 1.807) is 0 Å². The first-order valence-electron chi connectivity index (χ1n) is 6.83. The molecule has 0 radical (unpaired) electrons. The number of fused-ring (bicyclic) bond motifs is 1. The molecule has 2 aliphatic rings. The molecule has 0 amide bonds. The quantitative estimate of drug-likeness (QED) is 0.902. The highest BCUT2D eigenvalue weighted by Crippen LogP contribution is 2.44. The summed E-state index contributed by atoms with van der Waals surface area (Å²) in [7, 11) is 0.